The van der Waals surface area contributed by atoms with Crippen LogP contribution in [0.1, 0.15) is 0 Å². The molecule has 88 valence electrons. The maximum atomic E-state index is 13.5. The van der Waals surface area contributed by atoms with E-state index in [1.54, 1.807) is 19.2 Å². The SMILES string of the molecule is COc1ccccc1Nc1ncc(Cl)cc1F. The molecule has 0 bridgehead atoms. The summed E-state index contributed by atoms with van der Waals surface area (Å²) in [5.74, 6) is 0.214. The Labute approximate surface area is 103 Å². The van der Waals surface area contributed by atoms with E-state index in [9.17, 15) is 4.39 Å². The summed E-state index contributed by atoms with van der Waals surface area (Å²) in [7, 11) is 1.55. The van der Waals surface area contributed by atoms with Crippen molar-refractivity contribution in [2.24, 2.45) is 0 Å². The molecule has 0 unspecified atom stereocenters. The van der Waals surface area contributed by atoms with Gasteiger partial charge in [0, 0.05) is 6.20 Å². The van der Waals surface area contributed by atoms with Crippen molar-refractivity contribution < 1.29 is 9.13 Å². The molecular weight excluding hydrogens is 243 g/mol. The lowest BCUT2D eigenvalue weighted by molar-refractivity contribution is 0.417. The standard InChI is InChI=1S/C12H10ClFN2O/c1-17-11-5-3-2-4-10(11)16-12-9(14)6-8(13)7-15-12/h2-7H,1H3,(H,15,16). The lowest BCUT2D eigenvalue weighted by atomic mass is 10.3. The van der Waals surface area contributed by atoms with E-state index in [0.717, 1.165) is 0 Å². The zero-order valence-electron chi connectivity index (χ0n) is 9.08. The van der Waals surface area contributed by atoms with Gasteiger partial charge in [-0.3, -0.25) is 0 Å². The fourth-order valence-electron chi connectivity index (χ4n) is 1.38. The number of aromatic nitrogens is 1. The minimum absolute atomic E-state index is 0.110. The topological polar surface area (TPSA) is 34.1 Å². The first-order chi connectivity index (χ1) is 8.20. The highest BCUT2D eigenvalue weighted by Gasteiger charge is 2.07. The van der Waals surface area contributed by atoms with E-state index < -0.39 is 5.82 Å². The van der Waals surface area contributed by atoms with Crippen LogP contribution in [0.2, 0.25) is 5.02 Å². The Bertz CT molecular complexity index is 534. The molecule has 0 aliphatic rings. The summed E-state index contributed by atoms with van der Waals surface area (Å²) in [5.41, 5.74) is 0.642. The van der Waals surface area contributed by atoms with Crippen molar-refractivity contribution in [2.75, 3.05) is 12.4 Å². The van der Waals surface area contributed by atoms with Gasteiger partial charge in [-0.05, 0) is 18.2 Å². The third-order valence-electron chi connectivity index (χ3n) is 2.17. The Balaban J connectivity index is 2.31. The fraction of sp³-hybridized carbons (Fsp3) is 0.0833. The number of pyridine rings is 1. The maximum Gasteiger partial charge on any atom is 0.167 e. The van der Waals surface area contributed by atoms with E-state index in [2.05, 4.69) is 10.3 Å². The zero-order chi connectivity index (χ0) is 12.3. The highest BCUT2D eigenvalue weighted by molar-refractivity contribution is 6.30. The van der Waals surface area contributed by atoms with Crippen LogP contribution in [0.25, 0.3) is 0 Å². The van der Waals surface area contributed by atoms with Crippen LogP contribution >= 0.6 is 11.6 Å². The molecule has 1 N–H and O–H groups in total. The second-order valence-electron chi connectivity index (χ2n) is 3.31. The van der Waals surface area contributed by atoms with Gasteiger partial charge in [-0.15, -0.1) is 0 Å². The van der Waals surface area contributed by atoms with Crippen LogP contribution in [0, 0.1) is 5.82 Å². The van der Waals surface area contributed by atoms with Gasteiger partial charge in [0.1, 0.15) is 5.75 Å². The van der Waals surface area contributed by atoms with Crippen molar-refractivity contribution >= 4 is 23.1 Å². The molecule has 17 heavy (non-hydrogen) atoms. The number of methoxy groups -OCH3 is 1. The molecule has 0 amide bonds. The van der Waals surface area contributed by atoms with Gasteiger partial charge in [0.15, 0.2) is 11.6 Å². The molecule has 0 radical (unpaired) electrons. The first-order valence-corrected chi connectivity index (χ1v) is 5.29. The summed E-state index contributed by atoms with van der Waals surface area (Å²) in [6.07, 6.45) is 1.38. The Morgan fingerprint density at radius 3 is 2.82 bits per heavy atom. The molecule has 0 saturated carbocycles. The van der Waals surface area contributed by atoms with E-state index in [4.69, 9.17) is 16.3 Å². The van der Waals surface area contributed by atoms with E-state index in [0.29, 0.717) is 11.4 Å². The van der Waals surface area contributed by atoms with Crippen LogP contribution in [0.5, 0.6) is 5.75 Å². The first kappa shape index (κ1) is 11.7. The van der Waals surface area contributed by atoms with Crippen molar-refractivity contribution in [3.63, 3.8) is 0 Å². The highest BCUT2D eigenvalue weighted by Crippen LogP contribution is 2.27. The Hall–Kier alpha value is -1.81. The summed E-state index contributed by atoms with van der Waals surface area (Å²) in [6, 6.07) is 8.39. The lowest BCUT2D eigenvalue weighted by Gasteiger charge is -2.10. The van der Waals surface area contributed by atoms with Gasteiger partial charge >= 0.3 is 0 Å². The molecule has 1 aromatic carbocycles. The normalized spacial score (nSPS) is 10.1. The molecule has 0 spiro atoms. The summed E-state index contributed by atoms with van der Waals surface area (Å²) >= 11 is 5.62. The number of nitrogens with one attached hydrogen (secondary N) is 1. The number of halogens is 2. The molecule has 1 heterocycles. The summed E-state index contributed by atoms with van der Waals surface area (Å²) in [5, 5.41) is 3.11. The van der Waals surface area contributed by atoms with Crippen LogP contribution in [0.15, 0.2) is 36.5 Å². The molecule has 3 nitrogen and oxygen atoms in total. The van der Waals surface area contributed by atoms with Gasteiger partial charge in [0.2, 0.25) is 0 Å². The monoisotopic (exact) mass is 252 g/mol. The number of benzene rings is 1. The average molecular weight is 253 g/mol. The molecule has 0 atom stereocenters. The first-order valence-electron chi connectivity index (χ1n) is 4.92. The number of hydrogen-bond donors (Lipinski definition) is 1. The van der Waals surface area contributed by atoms with Crippen LogP contribution in [0.3, 0.4) is 0 Å². The molecule has 2 rings (SSSR count). The van der Waals surface area contributed by atoms with Crippen molar-refractivity contribution in [3.8, 4) is 5.75 Å². The molecule has 0 fully saturated rings. The van der Waals surface area contributed by atoms with Gasteiger partial charge in [0.05, 0.1) is 17.8 Å². The van der Waals surface area contributed by atoms with Crippen LogP contribution < -0.4 is 10.1 Å². The second kappa shape index (κ2) is 5.01. The van der Waals surface area contributed by atoms with Crippen molar-refractivity contribution in [2.45, 2.75) is 0 Å². The number of ether oxygens (including phenoxy) is 1. The Morgan fingerprint density at radius 2 is 2.12 bits per heavy atom. The van der Waals surface area contributed by atoms with Gasteiger partial charge in [-0.1, -0.05) is 23.7 Å². The minimum Gasteiger partial charge on any atom is -0.495 e. The van der Waals surface area contributed by atoms with E-state index in [1.165, 1.54) is 12.3 Å². The molecule has 0 aliphatic heterocycles. The lowest BCUT2D eigenvalue weighted by Crippen LogP contribution is -1.98. The smallest absolute Gasteiger partial charge is 0.167 e. The highest BCUT2D eigenvalue weighted by atomic mass is 35.5. The third-order valence-corrected chi connectivity index (χ3v) is 2.37. The van der Waals surface area contributed by atoms with Crippen molar-refractivity contribution in [3.05, 3.63) is 47.4 Å². The number of rotatable bonds is 3. The third kappa shape index (κ3) is 2.65. The summed E-state index contributed by atoms with van der Waals surface area (Å²) in [4.78, 5) is 3.87. The van der Waals surface area contributed by atoms with E-state index in [-0.39, 0.29) is 10.8 Å². The van der Waals surface area contributed by atoms with Gasteiger partial charge in [0.25, 0.3) is 0 Å². The van der Waals surface area contributed by atoms with Gasteiger partial charge in [-0.25, -0.2) is 9.37 Å². The average Bonchev–Trinajstić information content (AvgIpc) is 2.33. The van der Waals surface area contributed by atoms with Gasteiger partial charge in [-0.2, -0.15) is 0 Å². The largest absolute Gasteiger partial charge is 0.495 e. The van der Waals surface area contributed by atoms with Gasteiger partial charge < -0.3 is 10.1 Å². The summed E-state index contributed by atoms with van der Waals surface area (Å²) in [6.45, 7) is 0. The molecule has 5 heteroatoms. The number of nitrogens with zero attached hydrogens (tertiary/aromatic N) is 1. The van der Waals surface area contributed by atoms with Crippen molar-refractivity contribution in [1.29, 1.82) is 0 Å². The van der Waals surface area contributed by atoms with Crippen molar-refractivity contribution in [1.82, 2.24) is 4.98 Å². The predicted octanol–water partition coefficient (Wildman–Crippen LogP) is 3.63. The van der Waals surface area contributed by atoms with E-state index >= 15 is 0 Å². The van der Waals surface area contributed by atoms with Crippen LogP contribution in [-0.4, -0.2) is 12.1 Å². The molecule has 0 saturated heterocycles. The minimum atomic E-state index is -0.511. The van der Waals surface area contributed by atoms with E-state index in [1.807, 2.05) is 12.1 Å². The quantitative estimate of drug-likeness (QED) is 0.906. The van der Waals surface area contributed by atoms with Crippen LogP contribution in [-0.2, 0) is 0 Å². The molecule has 2 aromatic rings. The predicted molar refractivity (Wildman–Crippen MR) is 65.5 cm³/mol. The number of para-hydroxylation sites is 2. The summed E-state index contributed by atoms with van der Waals surface area (Å²) < 4.78 is 18.7. The fourth-order valence-corrected chi connectivity index (χ4v) is 1.53. The molecular formula is C12H10ClFN2O. The Kier molecular flexibility index (Phi) is 3.44. The molecule has 0 aliphatic carbocycles. The molecule has 1 aromatic heterocycles. The van der Waals surface area contributed by atoms with Crippen LogP contribution in [0.4, 0.5) is 15.9 Å². The second-order valence-corrected chi connectivity index (χ2v) is 3.75. The number of hydrogen-bond acceptors (Lipinski definition) is 3. The maximum absolute atomic E-state index is 13.5. The number of anilines is 2. The Morgan fingerprint density at radius 1 is 1.35 bits per heavy atom. The zero-order valence-corrected chi connectivity index (χ0v) is 9.83.